The monoisotopic (exact) mass is 674 g/mol. The minimum atomic E-state index is -2.93. The summed E-state index contributed by atoms with van der Waals surface area (Å²) in [6.45, 7) is 2.49. The second kappa shape index (κ2) is 10.9. The zero-order valence-electron chi connectivity index (χ0n) is 27.5. The number of phenols is 1. The van der Waals surface area contributed by atoms with Crippen LogP contribution in [0.15, 0.2) is 28.7 Å². The Morgan fingerprint density at radius 3 is 2.45 bits per heavy atom. The molecular formula is C36H34F4N6O3. The maximum atomic E-state index is 17.4. The average molecular weight is 675 g/mol. The first-order valence-electron chi connectivity index (χ1n) is 16.2. The molecule has 2 unspecified atom stereocenters. The Labute approximate surface area is 279 Å². The predicted molar refractivity (Wildman–Crippen MR) is 177 cm³/mol. The first-order valence-corrected chi connectivity index (χ1v) is 16.2. The molecule has 2 bridgehead atoms. The van der Waals surface area contributed by atoms with Gasteiger partial charge in [-0.25, -0.2) is 22.5 Å². The van der Waals surface area contributed by atoms with Crippen LogP contribution < -0.4 is 9.64 Å². The molecule has 2 aromatic heterocycles. The maximum absolute atomic E-state index is 17.4. The Morgan fingerprint density at radius 1 is 1.08 bits per heavy atom. The number of rotatable bonds is 7. The lowest BCUT2D eigenvalue weighted by Crippen LogP contribution is -2.52. The molecule has 8 rings (SSSR count). The molecule has 0 amide bonds. The zero-order valence-corrected chi connectivity index (χ0v) is 27.5. The Balaban J connectivity index is 1.39. The third-order valence-corrected chi connectivity index (χ3v) is 10.4. The number of hydrogen-bond donors (Lipinski definition) is 1. The number of anilines is 1. The van der Waals surface area contributed by atoms with Crippen molar-refractivity contribution in [2.45, 2.75) is 44.2 Å². The van der Waals surface area contributed by atoms with E-state index in [4.69, 9.17) is 20.6 Å². The van der Waals surface area contributed by atoms with Crippen molar-refractivity contribution in [3.05, 3.63) is 47.4 Å². The summed E-state index contributed by atoms with van der Waals surface area (Å²) in [6, 6.07) is 5.55. The lowest BCUT2D eigenvalue weighted by Gasteiger charge is -2.39. The highest BCUT2D eigenvalue weighted by Crippen LogP contribution is 2.60. The van der Waals surface area contributed by atoms with Crippen LogP contribution >= 0.6 is 0 Å². The fourth-order valence-corrected chi connectivity index (χ4v) is 7.94. The van der Waals surface area contributed by atoms with E-state index in [2.05, 4.69) is 27.8 Å². The first-order chi connectivity index (χ1) is 23.3. The molecule has 3 aromatic carbocycles. The number of aromatic nitrogens is 3. The van der Waals surface area contributed by atoms with E-state index in [9.17, 15) is 13.9 Å². The molecule has 49 heavy (non-hydrogen) atoms. The number of aryl methyl sites for hydroxylation is 1. The van der Waals surface area contributed by atoms with E-state index in [-0.39, 0.29) is 93.4 Å². The maximum Gasteiger partial charge on any atom is 0.319 e. The largest absolute Gasteiger partial charge is 0.508 e. The van der Waals surface area contributed by atoms with Gasteiger partial charge in [0.25, 0.3) is 5.92 Å². The average Bonchev–Trinajstić information content (AvgIpc) is 3.24. The van der Waals surface area contributed by atoms with Gasteiger partial charge in [-0.2, -0.15) is 9.97 Å². The molecule has 2 saturated heterocycles. The van der Waals surface area contributed by atoms with E-state index in [1.54, 1.807) is 25.9 Å². The molecular weight excluding hydrogens is 640 g/mol. The summed E-state index contributed by atoms with van der Waals surface area (Å²) in [6.07, 6.45) is 7.37. The number of hydrogen-bond acceptors (Lipinski definition) is 9. The highest BCUT2D eigenvalue weighted by Gasteiger charge is 2.71. The van der Waals surface area contributed by atoms with Crippen LogP contribution in [-0.2, 0) is 0 Å². The number of alkyl halides is 2. The van der Waals surface area contributed by atoms with Crippen LogP contribution in [0.1, 0.15) is 30.7 Å². The van der Waals surface area contributed by atoms with Crippen LogP contribution in [0.25, 0.3) is 43.9 Å². The lowest BCUT2D eigenvalue weighted by atomic mass is 9.92. The number of nitrogens with zero attached hydrogens (tertiary/aromatic N) is 6. The molecule has 13 heteroatoms. The minimum absolute atomic E-state index is 0.0807. The van der Waals surface area contributed by atoms with Gasteiger partial charge >= 0.3 is 6.01 Å². The molecule has 9 nitrogen and oxygen atoms in total. The van der Waals surface area contributed by atoms with Crippen molar-refractivity contribution in [2.24, 2.45) is 5.41 Å². The smallest absolute Gasteiger partial charge is 0.319 e. The van der Waals surface area contributed by atoms with Gasteiger partial charge in [0.1, 0.15) is 35.0 Å². The lowest BCUT2D eigenvalue weighted by molar-refractivity contribution is 0.0288. The fraction of sp³-hybridized carbons (Fsp3) is 0.417. The molecule has 3 atom stereocenters. The highest BCUT2D eigenvalue weighted by atomic mass is 19.3. The molecule has 3 fully saturated rings. The number of piperazine rings is 1. The molecule has 1 aliphatic carbocycles. The van der Waals surface area contributed by atoms with Gasteiger partial charge in [0, 0.05) is 50.4 Å². The predicted octanol–water partition coefficient (Wildman–Crippen LogP) is 6.11. The molecule has 5 aromatic rings. The zero-order chi connectivity index (χ0) is 34.6. The summed E-state index contributed by atoms with van der Waals surface area (Å²) < 4.78 is 74.0. The number of terminal acetylenes is 1. The van der Waals surface area contributed by atoms with E-state index in [0.29, 0.717) is 24.3 Å². The fourth-order valence-electron chi connectivity index (χ4n) is 7.94. The number of likely N-dealkylation sites (N-methyl/N-ethyl adjacent to an activating group) is 1. The van der Waals surface area contributed by atoms with Crippen LogP contribution in [-0.4, -0.2) is 95.2 Å². The van der Waals surface area contributed by atoms with Gasteiger partial charge in [0.15, 0.2) is 17.3 Å². The standard InChI is InChI=1S/C36H34F4N6O3/c1-6-23-25(37)10-7-19-11-22(47)12-24(26(19)23)27-29(38)30-28(32-31(27)41-18(2)49-32)33(46-13-20-8-9-21(14-46)45(20)5)43-34(42-30)48-17-35(16-44(3)4)15-36(35,39)40/h1,7,10-12,20-21,47H,8-9,13-17H2,2-5H3/t20?,21?,35-/m1/s1. The normalized spacial score (nSPS) is 23.2. The molecule has 2 aliphatic heterocycles. The van der Waals surface area contributed by atoms with E-state index >= 15 is 8.78 Å². The summed E-state index contributed by atoms with van der Waals surface area (Å²) in [7, 11) is 5.52. The first kappa shape index (κ1) is 31.6. The minimum Gasteiger partial charge on any atom is -0.508 e. The Hall–Kier alpha value is -4.67. The molecule has 0 spiro atoms. The van der Waals surface area contributed by atoms with Crippen molar-refractivity contribution in [3.8, 4) is 35.2 Å². The van der Waals surface area contributed by atoms with Crippen molar-refractivity contribution in [2.75, 3.05) is 52.3 Å². The van der Waals surface area contributed by atoms with Gasteiger partial charge in [-0.3, -0.25) is 4.90 Å². The van der Waals surface area contributed by atoms with Crippen molar-refractivity contribution in [3.63, 3.8) is 0 Å². The molecule has 0 radical (unpaired) electrons. The van der Waals surface area contributed by atoms with E-state index in [1.807, 2.05) is 4.90 Å². The number of halogens is 4. The SMILES string of the molecule is C#Cc1c(F)ccc2cc(O)cc(-c3c(F)c4nc(OC[C@]5(CN(C)C)CC5(F)F)nc(N5CC6CCC(C5)N6C)c4c4oc(C)nc34)c12. The van der Waals surface area contributed by atoms with Gasteiger partial charge in [0.05, 0.1) is 21.9 Å². The van der Waals surface area contributed by atoms with Crippen LogP contribution in [0.3, 0.4) is 0 Å². The molecule has 1 saturated carbocycles. The van der Waals surface area contributed by atoms with Gasteiger partial charge in [-0.05, 0) is 63.1 Å². The third kappa shape index (κ3) is 4.87. The molecule has 1 N–H and O–H groups in total. The molecule has 254 valence electrons. The second-order valence-electron chi connectivity index (χ2n) is 14.0. The highest BCUT2D eigenvalue weighted by molar-refractivity contribution is 6.16. The van der Waals surface area contributed by atoms with Crippen molar-refractivity contribution < 1.29 is 31.8 Å². The van der Waals surface area contributed by atoms with Gasteiger partial charge < -0.3 is 24.1 Å². The molecule has 4 heterocycles. The van der Waals surface area contributed by atoms with Crippen molar-refractivity contribution >= 4 is 38.6 Å². The Kier molecular flexibility index (Phi) is 7.04. The third-order valence-electron chi connectivity index (χ3n) is 10.4. The number of oxazole rings is 1. The number of phenolic OH excluding ortho intramolecular Hbond substituents is 1. The second-order valence-corrected chi connectivity index (χ2v) is 14.0. The summed E-state index contributed by atoms with van der Waals surface area (Å²) in [5.41, 5.74) is -1.48. The number of fused-ring (bicyclic) bond motifs is 6. The molecule has 3 aliphatic rings. The summed E-state index contributed by atoms with van der Waals surface area (Å²) >= 11 is 0. The van der Waals surface area contributed by atoms with Crippen molar-refractivity contribution in [1.29, 1.82) is 0 Å². The van der Waals surface area contributed by atoms with E-state index in [0.717, 1.165) is 12.8 Å². The number of benzene rings is 3. The van der Waals surface area contributed by atoms with E-state index in [1.165, 1.54) is 24.3 Å². The van der Waals surface area contributed by atoms with Crippen LogP contribution in [0.4, 0.5) is 23.4 Å². The Bertz CT molecular complexity index is 2220. The van der Waals surface area contributed by atoms with Gasteiger partial charge in [0.2, 0.25) is 0 Å². The van der Waals surface area contributed by atoms with Crippen LogP contribution in [0.2, 0.25) is 0 Å². The van der Waals surface area contributed by atoms with Gasteiger partial charge in [-0.1, -0.05) is 12.0 Å². The van der Waals surface area contributed by atoms with E-state index < -0.39 is 23.0 Å². The number of aromatic hydroxyl groups is 1. The quantitative estimate of drug-likeness (QED) is 0.162. The summed E-state index contributed by atoms with van der Waals surface area (Å²) in [5, 5.41) is 11.6. The number of ether oxygens (including phenoxy) is 1. The van der Waals surface area contributed by atoms with Crippen molar-refractivity contribution in [1.82, 2.24) is 24.8 Å². The summed E-state index contributed by atoms with van der Waals surface area (Å²) in [5.74, 6) is -1.75. The Morgan fingerprint density at radius 2 is 1.80 bits per heavy atom. The van der Waals surface area contributed by atoms with Crippen LogP contribution in [0.5, 0.6) is 11.8 Å². The topological polar surface area (TPSA) is 91.0 Å². The van der Waals surface area contributed by atoms with Gasteiger partial charge in [-0.15, -0.1) is 6.42 Å². The van der Waals surface area contributed by atoms with Crippen LogP contribution in [0, 0.1) is 36.3 Å². The summed E-state index contributed by atoms with van der Waals surface area (Å²) in [4.78, 5) is 19.9.